The van der Waals surface area contributed by atoms with Gasteiger partial charge >= 0.3 is 0 Å². The Morgan fingerprint density at radius 2 is 1.30 bits per heavy atom. The van der Waals surface area contributed by atoms with Gasteiger partial charge < -0.3 is 10.0 Å². The molecule has 0 aromatic rings. The van der Waals surface area contributed by atoms with E-state index in [1.54, 1.807) is 0 Å². The Balaban J connectivity index is 3.88. The summed E-state index contributed by atoms with van der Waals surface area (Å²) in [6, 6.07) is 0. The molecule has 164 valence electrons. The van der Waals surface area contributed by atoms with E-state index in [2.05, 4.69) is 11.8 Å². The van der Waals surface area contributed by atoms with Crippen molar-refractivity contribution in [3.8, 4) is 0 Å². The molecule has 2 N–H and O–H groups in total. The van der Waals surface area contributed by atoms with Crippen LogP contribution in [0.1, 0.15) is 96.8 Å². The Bertz CT molecular complexity index is 426. The van der Waals surface area contributed by atoms with Gasteiger partial charge in [0.2, 0.25) is 0 Å². The van der Waals surface area contributed by atoms with Crippen molar-refractivity contribution in [2.24, 2.45) is 5.92 Å². The maximum atomic E-state index is 10.9. The van der Waals surface area contributed by atoms with E-state index in [0.29, 0.717) is 12.3 Å². The molecule has 6 heteroatoms. The zero-order chi connectivity index (χ0) is 20.5. The molecule has 0 radical (unpaired) electrons. The van der Waals surface area contributed by atoms with E-state index >= 15 is 0 Å². The van der Waals surface area contributed by atoms with Crippen LogP contribution in [0.25, 0.3) is 0 Å². The normalized spacial score (nSPS) is 14.6. The van der Waals surface area contributed by atoms with Crippen LogP contribution in [-0.2, 0) is 10.1 Å². The van der Waals surface area contributed by atoms with Crippen LogP contribution < -0.4 is 0 Å². The lowest BCUT2D eigenvalue weighted by Crippen LogP contribution is -2.25. The first-order valence-corrected chi connectivity index (χ1v) is 12.6. The fourth-order valence-electron chi connectivity index (χ4n) is 3.61. The van der Waals surface area contributed by atoms with E-state index in [0.717, 1.165) is 25.8 Å². The highest BCUT2D eigenvalue weighted by atomic mass is 32.2. The van der Waals surface area contributed by atoms with Crippen LogP contribution in [0.2, 0.25) is 0 Å². The first-order chi connectivity index (χ1) is 12.7. The van der Waals surface area contributed by atoms with Crippen LogP contribution in [0.3, 0.4) is 0 Å². The number of hydrogen-bond donors (Lipinski definition) is 2. The molecule has 0 bridgehead atoms. The molecule has 2 atom stereocenters. The van der Waals surface area contributed by atoms with Gasteiger partial charge in [0.1, 0.15) is 5.75 Å². The fraction of sp³-hybridized carbons (Fsp3) is 1.00. The van der Waals surface area contributed by atoms with Crippen molar-refractivity contribution in [2.45, 2.75) is 103 Å². The second-order valence-corrected chi connectivity index (χ2v) is 9.92. The third-order valence-corrected chi connectivity index (χ3v) is 6.01. The molecule has 0 spiro atoms. The third kappa shape index (κ3) is 20.4. The molecule has 0 saturated carbocycles. The fourth-order valence-corrected chi connectivity index (χ4v) is 4.24. The summed E-state index contributed by atoms with van der Waals surface area (Å²) in [5, 5.41) is 9.94. The molecule has 0 aromatic heterocycles. The largest absolute Gasteiger partial charge is 0.392 e. The van der Waals surface area contributed by atoms with Crippen LogP contribution >= 0.6 is 0 Å². The molecule has 0 saturated heterocycles. The lowest BCUT2D eigenvalue weighted by Gasteiger charge is -2.21. The average molecular weight is 408 g/mol. The number of unbranched alkanes of at least 4 members (excludes halogenated alkanes) is 10. The minimum absolute atomic E-state index is 0.308. The Kier molecular flexibility index (Phi) is 16.6. The van der Waals surface area contributed by atoms with E-state index in [9.17, 15) is 13.5 Å². The molecule has 0 aliphatic heterocycles. The summed E-state index contributed by atoms with van der Waals surface area (Å²) < 4.78 is 30.8. The predicted octanol–water partition coefficient (Wildman–Crippen LogP) is 4.89. The summed E-state index contributed by atoms with van der Waals surface area (Å²) in [6.07, 6.45) is 15.9. The lowest BCUT2D eigenvalue weighted by molar-refractivity contribution is 0.150. The summed E-state index contributed by atoms with van der Waals surface area (Å²) >= 11 is 0. The predicted molar refractivity (Wildman–Crippen MR) is 115 cm³/mol. The van der Waals surface area contributed by atoms with Gasteiger partial charge in [-0.25, -0.2) is 0 Å². The summed E-state index contributed by atoms with van der Waals surface area (Å²) in [4.78, 5) is 2.11. The topological polar surface area (TPSA) is 77.8 Å². The van der Waals surface area contributed by atoms with Crippen LogP contribution in [-0.4, -0.2) is 55.5 Å². The first kappa shape index (κ1) is 26.8. The van der Waals surface area contributed by atoms with E-state index < -0.39 is 22.0 Å². The summed E-state index contributed by atoms with van der Waals surface area (Å²) in [7, 11) is -0.0629. The molecular formula is C21H45NO4S. The highest BCUT2D eigenvalue weighted by molar-refractivity contribution is 7.85. The number of rotatable bonds is 19. The number of aliphatic hydroxyl groups excluding tert-OH is 1. The molecule has 0 amide bonds. The Morgan fingerprint density at radius 1 is 0.815 bits per heavy atom. The van der Waals surface area contributed by atoms with Crippen LogP contribution in [0.15, 0.2) is 0 Å². The van der Waals surface area contributed by atoms with Gasteiger partial charge in [-0.2, -0.15) is 8.42 Å². The van der Waals surface area contributed by atoms with E-state index in [-0.39, 0.29) is 0 Å². The number of nitrogens with zero attached hydrogens (tertiary/aromatic N) is 1. The van der Waals surface area contributed by atoms with Gasteiger partial charge in [-0.05, 0) is 39.4 Å². The Morgan fingerprint density at radius 3 is 1.74 bits per heavy atom. The first-order valence-electron chi connectivity index (χ1n) is 11.0. The molecule has 0 aliphatic carbocycles. The maximum Gasteiger partial charge on any atom is 0.267 e. The zero-order valence-electron chi connectivity index (χ0n) is 18.0. The zero-order valence-corrected chi connectivity index (χ0v) is 18.9. The molecular weight excluding hydrogens is 362 g/mol. The van der Waals surface area contributed by atoms with Gasteiger partial charge in [-0.1, -0.05) is 84.0 Å². The van der Waals surface area contributed by atoms with Crippen molar-refractivity contribution in [2.75, 3.05) is 26.4 Å². The quantitative estimate of drug-likeness (QED) is 0.235. The summed E-state index contributed by atoms with van der Waals surface area (Å²) in [6.45, 7) is 3.18. The van der Waals surface area contributed by atoms with Gasteiger partial charge in [0, 0.05) is 0 Å². The average Bonchev–Trinajstić information content (AvgIpc) is 2.55. The molecule has 2 unspecified atom stereocenters. The third-order valence-electron chi connectivity index (χ3n) is 5.21. The van der Waals surface area contributed by atoms with Crippen molar-refractivity contribution < 1.29 is 18.1 Å². The molecule has 27 heavy (non-hydrogen) atoms. The number of hydrogen-bond acceptors (Lipinski definition) is 4. The van der Waals surface area contributed by atoms with E-state index in [1.165, 1.54) is 64.2 Å². The van der Waals surface area contributed by atoms with Crippen LogP contribution in [0.5, 0.6) is 0 Å². The van der Waals surface area contributed by atoms with Gasteiger partial charge in [-0.15, -0.1) is 0 Å². The molecule has 5 nitrogen and oxygen atoms in total. The second kappa shape index (κ2) is 16.8. The van der Waals surface area contributed by atoms with E-state index in [4.69, 9.17) is 4.55 Å². The van der Waals surface area contributed by atoms with Crippen molar-refractivity contribution in [3.05, 3.63) is 0 Å². The van der Waals surface area contributed by atoms with Gasteiger partial charge in [0.25, 0.3) is 10.1 Å². The smallest absolute Gasteiger partial charge is 0.267 e. The maximum absolute atomic E-state index is 10.9. The number of aliphatic hydroxyl groups is 1. The molecule has 0 heterocycles. The molecule has 0 aliphatic rings. The van der Waals surface area contributed by atoms with Gasteiger partial charge in [-0.3, -0.25) is 4.55 Å². The minimum Gasteiger partial charge on any atom is -0.392 e. The van der Waals surface area contributed by atoms with Crippen molar-refractivity contribution >= 4 is 10.1 Å². The van der Waals surface area contributed by atoms with Crippen molar-refractivity contribution in [3.63, 3.8) is 0 Å². The standard InChI is InChI=1S/C21H45NO4S/c1-4-5-6-7-8-9-10-11-12-13-14-15-20(16-17-22(2)3)18-21(23)19-27(24,25)26/h20-21,23H,4-19H2,1-3H3,(H,24,25,26). The van der Waals surface area contributed by atoms with Crippen LogP contribution in [0, 0.1) is 5.92 Å². The SMILES string of the molecule is CCCCCCCCCCCCCC(CCN(C)C)CC(O)CS(=O)(=O)O. The lowest BCUT2D eigenvalue weighted by atomic mass is 9.92. The summed E-state index contributed by atoms with van der Waals surface area (Å²) in [5.74, 6) is -0.244. The minimum atomic E-state index is -4.11. The molecule has 0 aromatic carbocycles. The highest BCUT2D eigenvalue weighted by Gasteiger charge is 2.19. The van der Waals surface area contributed by atoms with Gasteiger partial charge in [0.05, 0.1) is 6.10 Å². The van der Waals surface area contributed by atoms with E-state index in [1.807, 2.05) is 14.1 Å². The van der Waals surface area contributed by atoms with Crippen LogP contribution in [0.4, 0.5) is 0 Å². The summed E-state index contributed by atoms with van der Waals surface area (Å²) in [5.41, 5.74) is 0. The molecule has 0 fully saturated rings. The Hall–Kier alpha value is -0.170. The highest BCUT2D eigenvalue weighted by Crippen LogP contribution is 2.21. The van der Waals surface area contributed by atoms with Crippen molar-refractivity contribution in [1.29, 1.82) is 0 Å². The monoisotopic (exact) mass is 407 g/mol. The molecule has 0 rings (SSSR count). The Labute approximate surface area is 168 Å². The van der Waals surface area contributed by atoms with Gasteiger partial charge in [0.15, 0.2) is 0 Å². The van der Waals surface area contributed by atoms with Crippen molar-refractivity contribution in [1.82, 2.24) is 4.90 Å². The second-order valence-electron chi connectivity index (χ2n) is 8.42.